The molecule has 0 spiro atoms. The Bertz CT molecular complexity index is 410. The molecule has 0 aliphatic carbocycles. The Morgan fingerprint density at radius 1 is 1.37 bits per heavy atom. The van der Waals surface area contributed by atoms with E-state index >= 15 is 0 Å². The summed E-state index contributed by atoms with van der Waals surface area (Å²) >= 11 is 7.61. The van der Waals surface area contributed by atoms with Crippen molar-refractivity contribution in [3.8, 4) is 0 Å². The van der Waals surface area contributed by atoms with Gasteiger partial charge in [-0.15, -0.1) is 11.6 Å². The molecular formula is C15H22ClNOS. The van der Waals surface area contributed by atoms with E-state index in [-0.39, 0.29) is 10.7 Å². The van der Waals surface area contributed by atoms with Crippen LogP contribution >= 0.6 is 23.4 Å². The summed E-state index contributed by atoms with van der Waals surface area (Å²) in [4.78, 5) is 12.1. The van der Waals surface area contributed by atoms with Gasteiger partial charge in [0, 0.05) is 22.7 Å². The first-order valence-corrected chi connectivity index (χ1v) is 8.35. The van der Waals surface area contributed by atoms with Gasteiger partial charge in [-0.1, -0.05) is 26.0 Å². The SMILES string of the molecule is CCC(CC)(CNC(=O)c1cccc(CCl)c1)SC. The number of hydrogen-bond donors (Lipinski definition) is 1. The number of hydrogen-bond acceptors (Lipinski definition) is 2. The predicted molar refractivity (Wildman–Crippen MR) is 85.2 cm³/mol. The molecule has 2 nitrogen and oxygen atoms in total. The zero-order valence-electron chi connectivity index (χ0n) is 11.8. The van der Waals surface area contributed by atoms with Crippen LogP contribution in [0.1, 0.15) is 42.6 Å². The summed E-state index contributed by atoms with van der Waals surface area (Å²) in [6.45, 7) is 5.03. The molecule has 0 bridgehead atoms. The Morgan fingerprint density at radius 2 is 2.05 bits per heavy atom. The van der Waals surface area contributed by atoms with Gasteiger partial charge in [0.25, 0.3) is 5.91 Å². The van der Waals surface area contributed by atoms with Crippen molar-refractivity contribution in [3.63, 3.8) is 0 Å². The molecule has 0 atom stereocenters. The number of thioether (sulfide) groups is 1. The lowest BCUT2D eigenvalue weighted by Gasteiger charge is -2.29. The molecule has 1 rings (SSSR count). The zero-order chi connectivity index (χ0) is 14.3. The molecule has 1 aromatic rings. The van der Waals surface area contributed by atoms with Crippen LogP contribution in [-0.4, -0.2) is 23.5 Å². The molecule has 0 aliphatic heterocycles. The molecule has 0 heterocycles. The maximum Gasteiger partial charge on any atom is 0.251 e. The molecule has 0 fully saturated rings. The fourth-order valence-electron chi connectivity index (χ4n) is 2.00. The van der Waals surface area contributed by atoms with Crippen molar-refractivity contribution in [1.82, 2.24) is 5.32 Å². The summed E-state index contributed by atoms with van der Waals surface area (Å²) in [5.74, 6) is 0.409. The highest BCUT2D eigenvalue weighted by Crippen LogP contribution is 2.29. The number of rotatable bonds is 7. The topological polar surface area (TPSA) is 29.1 Å². The maximum absolute atomic E-state index is 12.1. The summed E-state index contributed by atoms with van der Waals surface area (Å²) < 4.78 is 0.139. The molecule has 1 amide bonds. The molecule has 0 saturated carbocycles. The molecule has 1 aromatic carbocycles. The summed E-state index contributed by atoms with van der Waals surface area (Å²) in [6.07, 6.45) is 4.20. The van der Waals surface area contributed by atoms with Crippen molar-refractivity contribution in [3.05, 3.63) is 35.4 Å². The highest BCUT2D eigenvalue weighted by molar-refractivity contribution is 8.00. The monoisotopic (exact) mass is 299 g/mol. The van der Waals surface area contributed by atoms with E-state index < -0.39 is 0 Å². The Hall–Kier alpha value is -0.670. The summed E-state index contributed by atoms with van der Waals surface area (Å²) in [5.41, 5.74) is 1.65. The van der Waals surface area contributed by atoms with E-state index in [4.69, 9.17) is 11.6 Å². The second-order valence-electron chi connectivity index (χ2n) is 4.61. The molecule has 19 heavy (non-hydrogen) atoms. The van der Waals surface area contributed by atoms with Gasteiger partial charge in [-0.05, 0) is 36.8 Å². The van der Waals surface area contributed by atoms with Crippen LogP contribution in [-0.2, 0) is 5.88 Å². The molecule has 0 radical (unpaired) electrons. The fraction of sp³-hybridized carbons (Fsp3) is 0.533. The third kappa shape index (κ3) is 4.43. The summed E-state index contributed by atoms with van der Waals surface area (Å²) in [6, 6.07) is 7.47. The predicted octanol–water partition coefficient (Wildman–Crippen LogP) is 4.08. The van der Waals surface area contributed by atoms with Crippen molar-refractivity contribution in [1.29, 1.82) is 0 Å². The van der Waals surface area contributed by atoms with Crippen LogP contribution in [0.25, 0.3) is 0 Å². The standard InChI is InChI=1S/C15H22ClNOS/c1-4-15(5-2,19-3)11-17-14(18)13-8-6-7-12(9-13)10-16/h6-9H,4-5,10-11H2,1-3H3,(H,17,18). The van der Waals surface area contributed by atoms with Gasteiger partial charge in [0.1, 0.15) is 0 Å². The summed E-state index contributed by atoms with van der Waals surface area (Å²) in [5, 5.41) is 3.04. The molecule has 0 unspecified atom stereocenters. The van der Waals surface area contributed by atoms with Gasteiger partial charge in [0.2, 0.25) is 0 Å². The number of carbonyl (C=O) groups excluding carboxylic acids is 1. The van der Waals surface area contributed by atoms with Gasteiger partial charge < -0.3 is 5.32 Å². The minimum absolute atomic E-state index is 0.0210. The van der Waals surface area contributed by atoms with Crippen molar-refractivity contribution < 1.29 is 4.79 Å². The molecular weight excluding hydrogens is 278 g/mol. The fourth-order valence-corrected chi connectivity index (χ4v) is 2.96. The van der Waals surface area contributed by atoms with Crippen LogP contribution in [0.15, 0.2) is 24.3 Å². The van der Waals surface area contributed by atoms with Crippen LogP contribution in [0.5, 0.6) is 0 Å². The van der Waals surface area contributed by atoms with Gasteiger partial charge in [-0.2, -0.15) is 11.8 Å². The van der Waals surface area contributed by atoms with Crippen LogP contribution in [0.2, 0.25) is 0 Å². The van der Waals surface area contributed by atoms with E-state index in [1.807, 2.05) is 36.0 Å². The first kappa shape index (κ1) is 16.4. The highest BCUT2D eigenvalue weighted by Gasteiger charge is 2.25. The Morgan fingerprint density at radius 3 is 2.58 bits per heavy atom. The molecule has 0 saturated heterocycles. The van der Waals surface area contributed by atoms with Crippen molar-refractivity contribution in [2.45, 2.75) is 37.3 Å². The van der Waals surface area contributed by atoms with Gasteiger partial charge >= 0.3 is 0 Å². The average Bonchev–Trinajstić information content (AvgIpc) is 2.49. The lowest BCUT2D eigenvalue weighted by atomic mass is 10.0. The Labute approximate surface area is 125 Å². The largest absolute Gasteiger partial charge is 0.351 e. The molecule has 106 valence electrons. The van der Waals surface area contributed by atoms with Gasteiger partial charge in [-0.25, -0.2) is 0 Å². The second-order valence-corrected chi connectivity index (χ2v) is 6.15. The lowest BCUT2D eigenvalue weighted by molar-refractivity contribution is 0.0949. The Balaban J connectivity index is 2.69. The third-order valence-electron chi connectivity index (χ3n) is 3.64. The van der Waals surface area contributed by atoms with E-state index in [1.54, 1.807) is 0 Å². The normalized spacial score (nSPS) is 11.4. The molecule has 0 aliphatic rings. The number of halogens is 1. The van der Waals surface area contributed by atoms with Crippen LogP contribution in [0.4, 0.5) is 0 Å². The lowest BCUT2D eigenvalue weighted by Crippen LogP contribution is -2.39. The van der Waals surface area contributed by atoms with E-state index in [2.05, 4.69) is 25.4 Å². The first-order valence-electron chi connectivity index (χ1n) is 6.59. The smallest absolute Gasteiger partial charge is 0.251 e. The average molecular weight is 300 g/mol. The minimum Gasteiger partial charge on any atom is -0.351 e. The molecule has 4 heteroatoms. The van der Waals surface area contributed by atoms with Crippen molar-refractivity contribution in [2.75, 3.05) is 12.8 Å². The highest BCUT2D eigenvalue weighted by atomic mass is 35.5. The number of carbonyl (C=O) groups is 1. The maximum atomic E-state index is 12.1. The quantitative estimate of drug-likeness (QED) is 0.769. The summed E-state index contributed by atoms with van der Waals surface area (Å²) in [7, 11) is 0. The van der Waals surface area contributed by atoms with E-state index in [0.717, 1.165) is 18.4 Å². The van der Waals surface area contributed by atoms with Gasteiger partial charge in [-0.3, -0.25) is 4.79 Å². The van der Waals surface area contributed by atoms with Crippen LogP contribution in [0, 0.1) is 0 Å². The van der Waals surface area contributed by atoms with Crippen LogP contribution in [0.3, 0.4) is 0 Å². The van der Waals surface area contributed by atoms with Crippen molar-refractivity contribution >= 4 is 29.3 Å². The molecule has 1 N–H and O–H groups in total. The third-order valence-corrected chi connectivity index (χ3v) is 5.53. The van der Waals surface area contributed by atoms with Crippen LogP contribution < -0.4 is 5.32 Å². The number of amides is 1. The van der Waals surface area contributed by atoms with E-state index in [9.17, 15) is 4.79 Å². The van der Waals surface area contributed by atoms with E-state index in [0.29, 0.717) is 18.0 Å². The van der Waals surface area contributed by atoms with Crippen molar-refractivity contribution in [2.24, 2.45) is 0 Å². The molecule has 0 aromatic heterocycles. The van der Waals surface area contributed by atoms with Gasteiger partial charge in [0.05, 0.1) is 0 Å². The Kier molecular flexibility index (Phi) is 6.73. The zero-order valence-corrected chi connectivity index (χ0v) is 13.4. The van der Waals surface area contributed by atoms with E-state index in [1.165, 1.54) is 0 Å². The number of alkyl halides is 1. The number of benzene rings is 1. The van der Waals surface area contributed by atoms with Gasteiger partial charge in [0.15, 0.2) is 0 Å². The second kappa shape index (κ2) is 7.81. The number of nitrogens with one attached hydrogen (secondary N) is 1. The minimum atomic E-state index is -0.0210. The first-order chi connectivity index (χ1) is 9.10.